The van der Waals surface area contributed by atoms with Crippen LogP contribution in [0.25, 0.3) is 0 Å². The lowest BCUT2D eigenvalue weighted by Crippen LogP contribution is -2.15. The molecule has 0 bridgehead atoms. The lowest BCUT2D eigenvalue weighted by Gasteiger charge is -2.39. The number of fused-ring (bicyclic) bond motifs is 2. The van der Waals surface area contributed by atoms with Crippen LogP contribution in [0.3, 0.4) is 0 Å². The minimum atomic E-state index is -4.54. The Morgan fingerprint density at radius 1 is 0.488 bits per heavy atom. The SMILES string of the molecule is O=S(=O)(O)c1cccc2c1Sc1c(cccc1S(=O)(=O)OS(c1ccccc1)(c1ccccc1)c1ccccc1)S2. The van der Waals surface area contributed by atoms with Crippen LogP contribution in [0.4, 0.5) is 0 Å². The van der Waals surface area contributed by atoms with Gasteiger partial charge >= 0.3 is 10.1 Å². The average molecular weight is 639 g/mol. The highest BCUT2D eigenvalue weighted by Gasteiger charge is 2.40. The summed E-state index contributed by atoms with van der Waals surface area (Å²) in [5.41, 5.74) is 0. The fourth-order valence-electron chi connectivity index (χ4n) is 4.51. The second-order valence-electron chi connectivity index (χ2n) is 8.86. The molecule has 0 unspecified atom stereocenters. The van der Waals surface area contributed by atoms with Crippen LogP contribution in [0.1, 0.15) is 0 Å². The van der Waals surface area contributed by atoms with Crippen LogP contribution < -0.4 is 0 Å². The number of rotatable bonds is 7. The molecule has 1 heterocycles. The van der Waals surface area contributed by atoms with Gasteiger partial charge in [0.25, 0.3) is 10.1 Å². The molecule has 41 heavy (non-hydrogen) atoms. The molecule has 208 valence electrons. The summed E-state index contributed by atoms with van der Waals surface area (Å²) in [6.45, 7) is 0. The predicted octanol–water partition coefficient (Wildman–Crippen LogP) is 8.15. The highest BCUT2D eigenvalue weighted by atomic mass is 32.3. The Hall–Kier alpha value is -3.03. The molecule has 6 rings (SSSR count). The van der Waals surface area contributed by atoms with E-state index in [0.29, 0.717) is 29.4 Å². The van der Waals surface area contributed by atoms with Crippen molar-refractivity contribution in [2.45, 2.75) is 44.1 Å². The zero-order valence-electron chi connectivity index (χ0n) is 21.2. The van der Waals surface area contributed by atoms with Gasteiger partial charge in [0.05, 0.1) is 0 Å². The minimum absolute atomic E-state index is 0.0806. The molecule has 1 aliphatic heterocycles. The van der Waals surface area contributed by atoms with Crippen molar-refractivity contribution in [3.05, 3.63) is 127 Å². The topological polar surface area (TPSA) is 97.7 Å². The lowest BCUT2D eigenvalue weighted by atomic mass is 10.3. The van der Waals surface area contributed by atoms with Crippen molar-refractivity contribution in [1.29, 1.82) is 0 Å². The van der Waals surface area contributed by atoms with Gasteiger partial charge in [0.2, 0.25) is 0 Å². The first-order valence-corrected chi connectivity index (χ1v) is 18.3. The van der Waals surface area contributed by atoms with E-state index in [4.69, 9.17) is 3.63 Å². The molecule has 0 fully saturated rings. The van der Waals surface area contributed by atoms with Crippen LogP contribution in [0.2, 0.25) is 0 Å². The van der Waals surface area contributed by atoms with Gasteiger partial charge in [-0.1, -0.05) is 90.3 Å². The van der Waals surface area contributed by atoms with Crippen LogP contribution in [-0.2, 0) is 23.9 Å². The summed E-state index contributed by atoms with van der Waals surface area (Å²) >= 11 is 2.23. The Balaban J connectivity index is 1.55. The van der Waals surface area contributed by atoms with E-state index >= 15 is 0 Å². The van der Waals surface area contributed by atoms with Crippen LogP contribution in [0.15, 0.2) is 171 Å². The van der Waals surface area contributed by atoms with Crippen LogP contribution in [0.5, 0.6) is 0 Å². The summed E-state index contributed by atoms with van der Waals surface area (Å²) in [6.07, 6.45) is 0. The van der Waals surface area contributed by atoms with Crippen LogP contribution in [0, 0.1) is 0 Å². The van der Waals surface area contributed by atoms with Gasteiger partial charge in [0.15, 0.2) is 0 Å². The molecule has 0 aliphatic carbocycles. The number of benzene rings is 5. The quantitative estimate of drug-likeness (QED) is 0.175. The Labute approximate surface area is 249 Å². The monoisotopic (exact) mass is 638 g/mol. The zero-order chi connectivity index (χ0) is 28.7. The first-order chi connectivity index (χ1) is 19.7. The van der Waals surface area contributed by atoms with E-state index < -0.39 is 30.5 Å². The second-order valence-corrected chi connectivity index (χ2v) is 16.8. The maximum atomic E-state index is 14.4. The first kappa shape index (κ1) is 28.1. The Morgan fingerprint density at radius 2 is 0.902 bits per heavy atom. The summed E-state index contributed by atoms with van der Waals surface area (Å²) in [5.74, 6) is 0. The van der Waals surface area contributed by atoms with Gasteiger partial charge in [0.1, 0.15) is 9.79 Å². The van der Waals surface area contributed by atoms with Crippen molar-refractivity contribution in [2.24, 2.45) is 0 Å². The maximum Gasteiger partial charge on any atom is 0.308 e. The molecule has 0 spiro atoms. The summed E-state index contributed by atoms with van der Waals surface area (Å²) in [6, 6.07) is 37.4. The fourth-order valence-corrected chi connectivity index (χ4v) is 13.7. The van der Waals surface area contributed by atoms with E-state index in [2.05, 4.69) is 0 Å². The molecule has 0 atom stereocenters. The minimum Gasteiger partial charge on any atom is -0.282 e. The van der Waals surface area contributed by atoms with Gasteiger partial charge in [-0.2, -0.15) is 16.8 Å². The molecular weight excluding hydrogens is 617 g/mol. The Morgan fingerprint density at radius 3 is 1.34 bits per heavy atom. The van der Waals surface area contributed by atoms with Gasteiger partial charge in [0, 0.05) is 34.3 Å². The summed E-state index contributed by atoms with van der Waals surface area (Å²) < 4.78 is 69.5. The number of hydrogen-bond donors (Lipinski definition) is 1. The molecule has 5 aromatic carbocycles. The van der Waals surface area contributed by atoms with Crippen molar-refractivity contribution in [3.63, 3.8) is 0 Å². The van der Waals surface area contributed by atoms with Gasteiger partial charge < -0.3 is 0 Å². The summed E-state index contributed by atoms with van der Waals surface area (Å²) in [4.78, 5) is 3.59. The molecule has 1 aliphatic rings. The highest BCUT2D eigenvalue weighted by Crippen LogP contribution is 2.70. The molecule has 0 radical (unpaired) electrons. The zero-order valence-corrected chi connectivity index (χ0v) is 25.2. The molecule has 11 heteroatoms. The second kappa shape index (κ2) is 11.0. The van der Waals surface area contributed by atoms with E-state index in [1.54, 1.807) is 24.3 Å². The van der Waals surface area contributed by atoms with Gasteiger partial charge in [-0.05, 0) is 71.0 Å². The largest absolute Gasteiger partial charge is 0.308 e. The third kappa shape index (κ3) is 5.23. The summed E-state index contributed by atoms with van der Waals surface area (Å²) in [7, 11) is -11.8. The molecule has 0 saturated heterocycles. The normalized spacial score (nSPS) is 13.7. The molecular formula is C30H22O6S5. The fraction of sp³-hybridized carbons (Fsp3) is 0. The third-order valence-electron chi connectivity index (χ3n) is 6.27. The standard InChI is InChI=1S/C30H22O6S5/c31-40(32,33)27-20-10-18-25-29(27)38-30-26(37-25)19-11-21-28(30)41(34,35)36-39(22-12-4-1-5-13-22,23-14-6-2-7-15-23)24-16-8-3-9-17-24/h1-21H,(H,31,32,33). The number of hydrogen-bond acceptors (Lipinski definition) is 7. The smallest absolute Gasteiger partial charge is 0.282 e. The van der Waals surface area contributed by atoms with Gasteiger partial charge in [-0.3, -0.25) is 4.55 Å². The predicted molar refractivity (Wildman–Crippen MR) is 161 cm³/mol. The van der Waals surface area contributed by atoms with Crippen molar-refractivity contribution >= 4 is 54.1 Å². The van der Waals surface area contributed by atoms with E-state index in [9.17, 15) is 21.4 Å². The Bertz CT molecular complexity index is 1850. The van der Waals surface area contributed by atoms with E-state index in [1.165, 1.54) is 23.9 Å². The van der Waals surface area contributed by atoms with Crippen LogP contribution >= 0.6 is 33.8 Å². The van der Waals surface area contributed by atoms with Crippen molar-refractivity contribution < 1.29 is 25.0 Å². The maximum absolute atomic E-state index is 14.4. The molecule has 6 nitrogen and oxygen atoms in total. The van der Waals surface area contributed by atoms with E-state index in [1.807, 2.05) is 91.0 Å². The van der Waals surface area contributed by atoms with E-state index in [0.717, 1.165) is 11.8 Å². The van der Waals surface area contributed by atoms with Gasteiger partial charge in [-0.15, -0.1) is 0 Å². The highest BCUT2D eigenvalue weighted by molar-refractivity contribution is 8.33. The first-order valence-electron chi connectivity index (χ1n) is 12.2. The average Bonchev–Trinajstić information content (AvgIpc) is 2.99. The lowest BCUT2D eigenvalue weighted by molar-refractivity contribution is 0.480. The third-order valence-corrected chi connectivity index (χ3v) is 15.3. The van der Waals surface area contributed by atoms with Gasteiger partial charge in [-0.25, -0.2) is 3.63 Å². The summed E-state index contributed by atoms with van der Waals surface area (Å²) in [5, 5.41) is 0. The van der Waals surface area contributed by atoms with Crippen LogP contribution in [-0.4, -0.2) is 21.4 Å². The van der Waals surface area contributed by atoms with E-state index in [-0.39, 0.29) is 14.7 Å². The molecule has 1 N–H and O–H groups in total. The van der Waals surface area contributed by atoms with Crippen molar-refractivity contribution in [1.82, 2.24) is 0 Å². The molecule has 5 aromatic rings. The van der Waals surface area contributed by atoms with Crippen molar-refractivity contribution in [3.8, 4) is 0 Å². The van der Waals surface area contributed by atoms with Crippen molar-refractivity contribution in [2.75, 3.05) is 0 Å². The molecule has 0 aromatic heterocycles. The molecule has 0 saturated carbocycles. The molecule has 0 amide bonds. The Kier molecular flexibility index (Phi) is 7.53.